The van der Waals surface area contributed by atoms with E-state index in [9.17, 15) is 9.18 Å². The molecule has 0 atom stereocenters. The minimum atomic E-state index is -0.333. The Hall–Kier alpha value is -2.51. The van der Waals surface area contributed by atoms with Gasteiger partial charge in [0, 0.05) is 11.6 Å². The van der Waals surface area contributed by atoms with Crippen LogP contribution in [0.5, 0.6) is 5.75 Å². The predicted octanol–water partition coefficient (Wildman–Crippen LogP) is 3.76. The van der Waals surface area contributed by atoms with Crippen molar-refractivity contribution in [1.82, 2.24) is 4.90 Å². The molecule has 0 saturated carbocycles. The number of rotatable bonds is 5. The highest BCUT2D eigenvalue weighted by Crippen LogP contribution is 2.24. The Morgan fingerprint density at radius 1 is 1.30 bits per heavy atom. The van der Waals surface area contributed by atoms with Gasteiger partial charge in [-0.15, -0.1) is 6.42 Å². The summed E-state index contributed by atoms with van der Waals surface area (Å²) < 4.78 is 18.2. The lowest BCUT2D eigenvalue weighted by atomic mass is 10.1. The zero-order chi connectivity index (χ0) is 16.8. The van der Waals surface area contributed by atoms with Crippen molar-refractivity contribution in [3.05, 3.63) is 64.4 Å². The zero-order valence-electron chi connectivity index (χ0n) is 12.6. The summed E-state index contributed by atoms with van der Waals surface area (Å²) in [5.74, 6) is 2.24. The van der Waals surface area contributed by atoms with Crippen LogP contribution in [0.4, 0.5) is 4.39 Å². The van der Waals surface area contributed by atoms with Crippen LogP contribution in [-0.2, 0) is 6.54 Å². The molecular weight excluding hydrogens is 317 g/mol. The lowest BCUT2D eigenvalue weighted by Gasteiger charge is -2.21. The number of hydrogen-bond donors (Lipinski definition) is 0. The highest BCUT2D eigenvalue weighted by Gasteiger charge is 2.20. The standard InChI is InChI=1S/C18H15ClFNO2/c1-3-10-21(12-13-4-7-15(20)8-5-13)18(22)16-11-14(19)6-9-17(16)23-2/h1,4-9,11H,10,12H2,2H3. The topological polar surface area (TPSA) is 29.5 Å². The van der Waals surface area contributed by atoms with E-state index in [2.05, 4.69) is 5.92 Å². The number of carbonyl (C=O) groups excluding carboxylic acids is 1. The lowest BCUT2D eigenvalue weighted by molar-refractivity contribution is 0.0762. The molecule has 2 rings (SSSR count). The van der Waals surface area contributed by atoms with Crippen LogP contribution >= 0.6 is 11.6 Å². The Bertz CT molecular complexity index is 738. The second kappa shape index (κ2) is 7.66. The van der Waals surface area contributed by atoms with Crippen LogP contribution in [0.2, 0.25) is 5.02 Å². The lowest BCUT2D eigenvalue weighted by Crippen LogP contribution is -2.31. The monoisotopic (exact) mass is 331 g/mol. The van der Waals surface area contributed by atoms with Gasteiger partial charge in [-0.2, -0.15) is 0 Å². The van der Waals surface area contributed by atoms with Crippen LogP contribution in [0.15, 0.2) is 42.5 Å². The first kappa shape index (κ1) is 16.9. The Morgan fingerprint density at radius 3 is 2.61 bits per heavy atom. The molecule has 0 aliphatic carbocycles. The number of nitrogens with zero attached hydrogens (tertiary/aromatic N) is 1. The number of benzene rings is 2. The summed E-state index contributed by atoms with van der Waals surface area (Å²) in [6.07, 6.45) is 5.36. The minimum Gasteiger partial charge on any atom is -0.496 e. The van der Waals surface area contributed by atoms with Crippen molar-refractivity contribution in [2.75, 3.05) is 13.7 Å². The molecule has 23 heavy (non-hydrogen) atoms. The van der Waals surface area contributed by atoms with Crippen LogP contribution in [-0.4, -0.2) is 24.5 Å². The third kappa shape index (κ3) is 4.24. The van der Waals surface area contributed by atoms with Gasteiger partial charge < -0.3 is 9.64 Å². The quantitative estimate of drug-likeness (QED) is 0.781. The molecule has 0 heterocycles. The Morgan fingerprint density at radius 2 is 2.00 bits per heavy atom. The first-order valence-corrected chi connectivity index (χ1v) is 7.23. The van der Waals surface area contributed by atoms with Crippen molar-refractivity contribution in [3.8, 4) is 18.1 Å². The molecule has 2 aromatic carbocycles. The zero-order valence-corrected chi connectivity index (χ0v) is 13.3. The summed E-state index contributed by atoms with van der Waals surface area (Å²) in [7, 11) is 1.48. The average molecular weight is 332 g/mol. The Kier molecular flexibility index (Phi) is 5.61. The van der Waals surface area contributed by atoms with Crippen LogP contribution in [0.3, 0.4) is 0 Å². The number of amides is 1. The molecule has 0 unspecified atom stereocenters. The molecule has 0 aliphatic heterocycles. The van der Waals surface area contributed by atoms with Gasteiger partial charge in [-0.1, -0.05) is 29.7 Å². The van der Waals surface area contributed by atoms with Gasteiger partial charge in [0.25, 0.3) is 5.91 Å². The number of ether oxygens (including phenoxy) is 1. The maximum atomic E-state index is 13.0. The van der Waals surface area contributed by atoms with Crippen molar-refractivity contribution < 1.29 is 13.9 Å². The summed E-state index contributed by atoms with van der Waals surface area (Å²) in [5.41, 5.74) is 1.10. The van der Waals surface area contributed by atoms with E-state index >= 15 is 0 Å². The molecule has 0 spiro atoms. The molecule has 0 saturated heterocycles. The molecule has 5 heteroatoms. The van der Waals surface area contributed by atoms with E-state index in [0.717, 1.165) is 5.56 Å². The van der Waals surface area contributed by atoms with Crippen molar-refractivity contribution >= 4 is 17.5 Å². The minimum absolute atomic E-state index is 0.117. The average Bonchev–Trinajstić information content (AvgIpc) is 2.55. The summed E-state index contributed by atoms with van der Waals surface area (Å²) in [6.45, 7) is 0.380. The van der Waals surface area contributed by atoms with Gasteiger partial charge in [0.2, 0.25) is 0 Å². The maximum Gasteiger partial charge on any atom is 0.258 e. The molecule has 118 valence electrons. The second-order valence-corrected chi connectivity index (χ2v) is 5.27. The van der Waals surface area contributed by atoms with Gasteiger partial charge in [-0.05, 0) is 35.9 Å². The third-order valence-electron chi connectivity index (χ3n) is 3.25. The number of methoxy groups -OCH3 is 1. The smallest absolute Gasteiger partial charge is 0.258 e. The van der Waals surface area contributed by atoms with E-state index in [0.29, 0.717) is 16.3 Å². The van der Waals surface area contributed by atoms with E-state index < -0.39 is 0 Å². The summed E-state index contributed by atoms with van der Waals surface area (Å²) in [5, 5.41) is 0.427. The molecule has 0 fully saturated rings. The molecule has 0 N–H and O–H groups in total. The van der Waals surface area contributed by atoms with E-state index in [1.165, 1.54) is 30.2 Å². The summed E-state index contributed by atoms with van der Waals surface area (Å²) in [4.78, 5) is 14.2. The van der Waals surface area contributed by atoms with E-state index in [-0.39, 0.29) is 24.8 Å². The van der Waals surface area contributed by atoms with E-state index in [1.54, 1.807) is 24.3 Å². The summed E-state index contributed by atoms with van der Waals surface area (Å²) >= 11 is 5.97. The largest absolute Gasteiger partial charge is 0.496 e. The van der Waals surface area contributed by atoms with Crippen LogP contribution in [0, 0.1) is 18.2 Å². The molecule has 2 aromatic rings. The maximum absolute atomic E-state index is 13.0. The van der Waals surface area contributed by atoms with Gasteiger partial charge >= 0.3 is 0 Å². The van der Waals surface area contributed by atoms with Gasteiger partial charge in [0.05, 0.1) is 19.2 Å². The Labute approximate surface area is 139 Å². The summed E-state index contributed by atoms with van der Waals surface area (Å²) in [6, 6.07) is 10.7. The number of halogens is 2. The molecule has 0 radical (unpaired) electrons. The fourth-order valence-electron chi connectivity index (χ4n) is 2.14. The Balaban J connectivity index is 2.30. The third-order valence-corrected chi connectivity index (χ3v) is 3.48. The first-order chi connectivity index (χ1) is 11.0. The van der Waals surface area contributed by atoms with Gasteiger partial charge in [-0.3, -0.25) is 4.79 Å². The van der Waals surface area contributed by atoms with Crippen LogP contribution < -0.4 is 4.74 Å². The molecule has 0 bridgehead atoms. The molecule has 0 aromatic heterocycles. The highest BCUT2D eigenvalue weighted by atomic mass is 35.5. The molecular formula is C18H15ClFNO2. The number of hydrogen-bond acceptors (Lipinski definition) is 2. The second-order valence-electron chi connectivity index (χ2n) is 4.84. The SMILES string of the molecule is C#CCN(Cc1ccc(F)cc1)C(=O)c1cc(Cl)ccc1OC. The fourth-order valence-corrected chi connectivity index (χ4v) is 2.31. The van der Waals surface area contributed by atoms with Gasteiger partial charge in [0.15, 0.2) is 0 Å². The van der Waals surface area contributed by atoms with Gasteiger partial charge in [-0.25, -0.2) is 4.39 Å². The predicted molar refractivity (Wildman–Crippen MR) is 88.0 cm³/mol. The highest BCUT2D eigenvalue weighted by molar-refractivity contribution is 6.31. The normalized spacial score (nSPS) is 10.0. The number of terminal acetylenes is 1. The van der Waals surface area contributed by atoms with Crippen molar-refractivity contribution in [3.63, 3.8) is 0 Å². The number of carbonyl (C=O) groups is 1. The molecule has 3 nitrogen and oxygen atoms in total. The van der Waals surface area contributed by atoms with Gasteiger partial charge in [0.1, 0.15) is 11.6 Å². The van der Waals surface area contributed by atoms with Crippen LogP contribution in [0.1, 0.15) is 15.9 Å². The van der Waals surface area contributed by atoms with Crippen molar-refractivity contribution in [1.29, 1.82) is 0 Å². The van der Waals surface area contributed by atoms with Crippen LogP contribution in [0.25, 0.3) is 0 Å². The molecule has 0 aliphatic rings. The fraction of sp³-hybridized carbons (Fsp3) is 0.167. The molecule has 1 amide bonds. The van der Waals surface area contributed by atoms with Crippen molar-refractivity contribution in [2.45, 2.75) is 6.54 Å². The van der Waals surface area contributed by atoms with Crippen molar-refractivity contribution in [2.24, 2.45) is 0 Å². The first-order valence-electron chi connectivity index (χ1n) is 6.86. The van der Waals surface area contributed by atoms with E-state index in [1.807, 2.05) is 0 Å². The van der Waals surface area contributed by atoms with E-state index in [4.69, 9.17) is 22.8 Å².